The first-order valence-electron chi connectivity index (χ1n) is 3.37. The van der Waals surface area contributed by atoms with Crippen molar-refractivity contribution in [1.29, 1.82) is 0 Å². The Kier molecular flexibility index (Phi) is 4.24. The molecule has 0 aromatic heterocycles. The van der Waals surface area contributed by atoms with Crippen LogP contribution in [-0.4, -0.2) is 28.3 Å². The lowest BCUT2D eigenvalue weighted by Crippen LogP contribution is -2.31. The minimum atomic E-state index is -1.65. The summed E-state index contributed by atoms with van der Waals surface area (Å²) < 4.78 is 0. The molecule has 0 aliphatic carbocycles. The molecule has 0 aromatic rings. The van der Waals surface area contributed by atoms with E-state index in [2.05, 4.69) is 0 Å². The van der Waals surface area contributed by atoms with E-state index in [1.165, 1.54) is 0 Å². The van der Waals surface area contributed by atoms with Crippen LogP contribution in [0.15, 0.2) is 0 Å². The average Bonchev–Trinajstić information content (AvgIpc) is 1.83. The van der Waals surface area contributed by atoms with Gasteiger partial charge in [-0.1, -0.05) is 0 Å². The van der Waals surface area contributed by atoms with Crippen molar-refractivity contribution in [1.82, 2.24) is 0 Å². The molecule has 6 heteroatoms. The van der Waals surface area contributed by atoms with Crippen molar-refractivity contribution in [2.75, 3.05) is 0 Å². The Bertz CT molecular complexity index is 180. The molecule has 1 atom stereocenters. The minimum absolute atomic E-state index is 0.257. The van der Waals surface area contributed by atoms with Gasteiger partial charge < -0.3 is 21.7 Å². The highest BCUT2D eigenvalue weighted by Crippen LogP contribution is 2.09. The second kappa shape index (κ2) is 4.68. The molecule has 0 aliphatic rings. The molecule has 0 saturated heterocycles. The molecule has 12 heavy (non-hydrogen) atoms. The summed E-state index contributed by atoms with van der Waals surface area (Å²) in [5.74, 6) is -2.36. The third kappa shape index (κ3) is 4.64. The van der Waals surface area contributed by atoms with Crippen molar-refractivity contribution in [3.8, 4) is 0 Å². The van der Waals surface area contributed by atoms with Gasteiger partial charge in [-0.15, -0.1) is 0 Å². The maximum absolute atomic E-state index is 10.6. The number of aliphatic hydroxyl groups excluding tert-OH is 1. The number of rotatable bonds is 5. The van der Waals surface area contributed by atoms with Crippen LogP contribution in [-0.2, 0) is 9.59 Å². The monoisotopic (exact) mass is 176 g/mol. The zero-order valence-corrected chi connectivity index (χ0v) is 6.43. The first kappa shape index (κ1) is 10.9. The van der Waals surface area contributed by atoms with Gasteiger partial charge in [0.1, 0.15) is 0 Å². The zero-order valence-electron chi connectivity index (χ0n) is 6.43. The third-order valence-electron chi connectivity index (χ3n) is 1.35. The van der Waals surface area contributed by atoms with E-state index in [1.807, 2.05) is 0 Å². The second-order valence-corrected chi connectivity index (χ2v) is 2.49. The Labute approximate surface area is 69.2 Å². The Morgan fingerprint density at radius 2 is 1.75 bits per heavy atom. The van der Waals surface area contributed by atoms with Crippen LogP contribution in [0.3, 0.4) is 0 Å². The molecule has 0 aliphatic heterocycles. The lowest BCUT2D eigenvalue weighted by atomic mass is 10.0. The smallest absolute Gasteiger partial charge is 0.221 e. The Morgan fingerprint density at radius 1 is 1.25 bits per heavy atom. The Morgan fingerprint density at radius 3 is 2.00 bits per heavy atom. The van der Waals surface area contributed by atoms with Crippen LogP contribution >= 0.6 is 0 Å². The highest BCUT2D eigenvalue weighted by Gasteiger charge is 2.20. The molecule has 2 amide bonds. The predicted molar refractivity (Wildman–Crippen MR) is 39.3 cm³/mol. The molecule has 0 radical (unpaired) electrons. The first-order valence-corrected chi connectivity index (χ1v) is 3.37. The van der Waals surface area contributed by atoms with E-state index in [9.17, 15) is 9.59 Å². The van der Waals surface area contributed by atoms with Crippen molar-refractivity contribution >= 4 is 11.8 Å². The van der Waals surface area contributed by atoms with Gasteiger partial charge in [-0.3, -0.25) is 9.59 Å². The van der Waals surface area contributed by atoms with E-state index in [0.717, 1.165) is 0 Å². The molecule has 0 spiro atoms. The summed E-state index contributed by atoms with van der Waals surface area (Å²) in [5.41, 5.74) is 9.66. The molecule has 0 aromatic carbocycles. The third-order valence-corrected chi connectivity index (χ3v) is 1.35. The van der Waals surface area contributed by atoms with Crippen molar-refractivity contribution < 1.29 is 19.8 Å². The van der Waals surface area contributed by atoms with E-state index in [1.54, 1.807) is 0 Å². The van der Waals surface area contributed by atoms with Gasteiger partial charge in [0.25, 0.3) is 0 Å². The number of hydrogen-bond donors (Lipinski definition) is 4. The van der Waals surface area contributed by atoms with Gasteiger partial charge in [0.15, 0.2) is 6.29 Å². The molecule has 0 rings (SSSR count). The van der Waals surface area contributed by atoms with Gasteiger partial charge >= 0.3 is 0 Å². The Balaban J connectivity index is 4.04. The minimum Gasteiger partial charge on any atom is -0.370 e. The van der Waals surface area contributed by atoms with Crippen LogP contribution in [0.25, 0.3) is 0 Å². The van der Waals surface area contributed by atoms with Crippen LogP contribution in [0.1, 0.15) is 12.8 Å². The Hall–Kier alpha value is -1.14. The molecule has 6 nitrogen and oxygen atoms in total. The maximum atomic E-state index is 10.6. The van der Waals surface area contributed by atoms with Crippen LogP contribution < -0.4 is 11.5 Å². The SMILES string of the molecule is NC(=O)CC(CC(O)O)C(N)=O. The number of aliphatic hydroxyl groups is 2. The zero-order chi connectivity index (χ0) is 9.72. The van der Waals surface area contributed by atoms with Crippen LogP contribution in [0.2, 0.25) is 0 Å². The van der Waals surface area contributed by atoms with Crippen LogP contribution in [0, 0.1) is 5.92 Å². The molecule has 0 heterocycles. The van der Waals surface area contributed by atoms with E-state index < -0.39 is 24.0 Å². The summed E-state index contributed by atoms with van der Waals surface area (Å²) in [5, 5.41) is 17.0. The summed E-state index contributed by atoms with van der Waals surface area (Å²) >= 11 is 0. The largest absolute Gasteiger partial charge is 0.370 e. The van der Waals surface area contributed by atoms with E-state index >= 15 is 0 Å². The van der Waals surface area contributed by atoms with Crippen LogP contribution in [0.4, 0.5) is 0 Å². The van der Waals surface area contributed by atoms with Crippen LogP contribution in [0.5, 0.6) is 0 Å². The number of primary amides is 2. The normalized spacial score (nSPS) is 12.9. The number of nitrogens with two attached hydrogens (primary N) is 2. The fourth-order valence-corrected chi connectivity index (χ4v) is 0.797. The molecule has 1 unspecified atom stereocenters. The maximum Gasteiger partial charge on any atom is 0.221 e. The predicted octanol–water partition coefficient (Wildman–Crippen LogP) is -2.34. The van der Waals surface area contributed by atoms with E-state index in [0.29, 0.717) is 0 Å². The number of hydrogen-bond acceptors (Lipinski definition) is 4. The highest BCUT2D eigenvalue weighted by atomic mass is 16.5. The molecular formula is C6H12N2O4. The number of carbonyl (C=O) groups is 2. The molecule has 0 bridgehead atoms. The van der Waals surface area contributed by atoms with Gasteiger partial charge in [0.2, 0.25) is 11.8 Å². The van der Waals surface area contributed by atoms with E-state index in [-0.39, 0.29) is 12.8 Å². The van der Waals surface area contributed by atoms with Gasteiger partial charge in [-0.25, -0.2) is 0 Å². The second-order valence-electron chi connectivity index (χ2n) is 2.49. The molecule has 0 saturated carbocycles. The highest BCUT2D eigenvalue weighted by molar-refractivity contribution is 5.83. The van der Waals surface area contributed by atoms with Crippen molar-refractivity contribution in [3.63, 3.8) is 0 Å². The number of amides is 2. The summed E-state index contributed by atoms with van der Waals surface area (Å²) in [6.45, 7) is 0. The average molecular weight is 176 g/mol. The van der Waals surface area contributed by atoms with Gasteiger partial charge in [0, 0.05) is 12.8 Å². The number of carbonyl (C=O) groups excluding carboxylic acids is 2. The summed E-state index contributed by atoms with van der Waals surface area (Å²) in [7, 11) is 0. The van der Waals surface area contributed by atoms with Gasteiger partial charge in [-0.2, -0.15) is 0 Å². The fourth-order valence-electron chi connectivity index (χ4n) is 0.797. The van der Waals surface area contributed by atoms with Crippen molar-refractivity contribution in [2.45, 2.75) is 19.1 Å². The lowest BCUT2D eigenvalue weighted by Gasteiger charge is -2.11. The fraction of sp³-hybridized carbons (Fsp3) is 0.667. The van der Waals surface area contributed by atoms with Gasteiger partial charge in [-0.05, 0) is 0 Å². The summed E-state index contributed by atoms with van der Waals surface area (Å²) in [4.78, 5) is 20.9. The summed E-state index contributed by atoms with van der Waals surface area (Å²) in [6.07, 6.45) is -2.17. The summed E-state index contributed by atoms with van der Waals surface area (Å²) in [6, 6.07) is 0. The topological polar surface area (TPSA) is 127 Å². The van der Waals surface area contributed by atoms with Crippen molar-refractivity contribution in [2.24, 2.45) is 17.4 Å². The molecular weight excluding hydrogens is 164 g/mol. The van der Waals surface area contributed by atoms with Gasteiger partial charge in [0.05, 0.1) is 5.92 Å². The molecule has 0 fully saturated rings. The van der Waals surface area contributed by atoms with E-state index in [4.69, 9.17) is 21.7 Å². The standard InChI is InChI=1S/C6H12N2O4/c7-4(9)1-3(6(8)12)2-5(10)11/h3,5,10-11H,1-2H2,(H2,7,9)(H2,8,12). The van der Waals surface area contributed by atoms with Crippen molar-refractivity contribution in [3.05, 3.63) is 0 Å². The quantitative estimate of drug-likeness (QED) is 0.350. The first-order chi connectivity index (χ1) is 5.43. The lowest BCUT2D eigenvalue weighted by molar-refractivity contribution is -0.131. The molecule has 6 N–H and O–H groups in total. The molecule has 70 valence electrons.